The third-order valence-electron chi connectivity index (χ3n) is 2.74. The summed E-state index contributed by atoms with van der Waals surface area (Å²) in [5.74, 6) is -0.575. The predicted octanol–water partition coefficient (Wildman–Crippen LogP) is 3.41. The molecule has 0 aliphatic rings. The summed E-state index contributed by atoms with van der Waals surface area (Å²) in [6.45, 7) is 0. The van der Waals surface area contributed by atoms with Crippen molar-refractivity contribution in [3.8, 4) is 0 Å². The summed E-state index contributed by atoms with van der Waals surface area (Å²) >= 11 is 5.85. The molecular weight excluding hydrogens is 314 g/mol. The zero-order chi connectivity index (χ0) is 16.3. The van der Waals surface area contributed by atoms with E-state index in [1.807, 2.05) is 0 Å². The standard InChI is InChI=1S/C13H8ClN3O5/c14-12-7-10(17(21)22)5-6-11(12)13(18)15-8-1-3-9(4-2-8)16(19)20/h1-7H,(H,15,18). The van der Waals surface area contributed by atoms with Gasteiger partial charge in [0.15, 0.2) is 0 Å². The van der Waals surface area contributed by atoms with Crippen LogP contribution in [0.25, 0.3) is 0 Å². The van der Waals surface area contributed by atoms with Gasteiger partial charge in [0.2, 0.25) is 0 Å². The number of nitrogens with zero attached hydrogens (tertiary/aromatic N) is 2. The van der Waals surface area contributed by atoms with E-state index in [0.717, 1.165) is 12.1 Å². The number of carbonyl (C=O) groups excluding carboxylic acids is 1. The Bertz CT molecular complexity index is 761. The molecule has 0 aliphatic heterocycles. The van der Waals surface area contributed by atoms with E-state index in [4.69, 9.17) is 11.6 Å². The van der Waals surface area contributed by atoms with Gasteiger partial charge in [-0.05, 0) is 18.2 Å². The normalized spacial score (nSPS) is 10.0. The number of carbonyl (C=O) groups is 1. The fraction of sp³-hybridized carbons (Fsp3) is 0. The third kappa shape index (κ3) is 3.36. The topological polar surface area (TPSA) is 115 Å². The first-order valence-corrected chi connectivity index (χ1v) is 6.26. The summed E-state index contributed by atoms with van der Waals surface area (Å²) in [7, 11) is 0. The lowest BCUT2D eigenvalue weighted by atomic mass is 10.2. The number of anilines is 1. The minimum Gasteiger partial charge on any atom is -0.322 e. The quantitative estimate of drug-likeness (QED) is 0.684. The van der Waals surface area contributed by atoms with Crippen LogP contribution in [0.1, 0.15) is 10.4 Å². The van der Waals surface area contributed by atoms with Crippen molar-refractivity contribution in [1.29, 1.82) is 0 Å². The number of rotatable bonds is 4. The van der Waals surface area contributed by atoms with Crippen LogP contribution in [0.15, 0.2) is 42.5 Å². The summed E-state index contributed by atoms with van der Waals surface area (Å²) in [5, 5.41) is 23.6. The van der Waals surface area contributed by atoms with Crippen LogP contribution in [0.2, 0.25) is 5.02 Å². The zero-order valence-electron chi connectivity index (χ0n) is 10.9. The molecule has 2 aromatic carbocycles. The van der Waals surface area contributed by atoms with Crippen molar-refractivity contribution in [3.63, 3.8) is 0 Å². The molecule has 0 saturated heterocycles. The molecule has 2 rings (SSSR count). The number of hydrogen-bond donors (Lipinski definition) is 1. The summed E-state index contributed by atoms with van der Waals surface area (Å²) in [6, 6.07) is 8.70. The second kappa shape index (κ2) is 6.19. The Hall–Kier alpha value is -3.00. The SMILES string of the molecule is O=C(Nc1ccc([N+](=O)[O-])cc1)c1ccc([N+](=O)[O-])cc1Cl. The van der Waals surface area contributed by atoms with Gasteiger partial charge in [0, 0.05) is 30.0 Å². The molecule has 2 aromatic rings. The van der Waals surface area contributed by atoms with Gasteiger partial charge in [-0.1, -0.05) is 11.6 Å². The molecule has 0 radical (unpaired) electrons. The molecule has 0 unspecified atom stereocenters. The van der Waals surface area contributed by atoms with Gasteiger partial charge in [-0.15, -0.1) is 0 Å². The van der Waals surface area contributed by atoms with Crippen LogP contribution in [0.5, 0.6) is 0 Å². The van der Waals surface area contributed by atoms with Gasteiger partial charge in [-0.2, -0.15) is 0 Å². The first-order chi connectivity index (χ1) is 10.4. The van der Waals surface area contributed by atoms with E-state index in [0.29, 0.717) is 5.69 Å². The molecule has 1 N–H and O–H groups in total. The molecule has 0 heterocycles. The van der Waals surface area contributed by atoms with Crippen molar-refractivity contribution in [3.05, 3.63) is 73.3 Å². The number of hydrogen-bond acceptors (Lipinski definition) is 5. The van der Waals surface area contributed by atoms with Gasteiger partial charge in [-0.25, -0.2) is 0 Å². The molecule has 0 aromatic heterocycles. The maximum absolute atomic E-state index is 12.0. The molecule has 8 nitrogen and oxygen atoms in total. The van der Waals surface area contributed by atoms with Crippen molar-refractivity contribution in [2.75, 3.05) is 5.32 Å². The van der Waals surface area contributed by atoms with E-state index < -0.39 is 15.8 Å². The van der Waals surface area contributed by atoms with Gasteiger partial charge in [0.1, 0.15) is 0 Å². The summed E-state index contributed by atoms with van der Waals surface area (Å²) in [5.41, 5.74) is 0.0684. The predicted molar refractivity (Wildman–Crippen MR) is 79.2 cm³/mol. The molecule has 22 heavy (non-hydrogen) atoms. The summed E-state index contributed by atoms with van der Waals surface area (Å²) < 4.78 is 0. The molecule has 0 atom stereocenters. The van der Waals surface area contributed by atoms with Crippen LogP contribution >= 0.6 is 11.6 Å². The van der Waals surface area contributed by atoms with E-state index in [-0.39, 0.29) is 22.0 Å². The zero-order valence-corrected chi connectivity index (χ0v) is 11.6. The number of amides is 1. The Morgan fingerprint density at radius 3 is 2.00 bits per heavy atom. The van der Waals surface area contributed by atoms with Crippen LogP contribution in [-0.2, 0) is 0 Å². The van der Waals surface area contributed by atoms with Crippen LogP contribution < -0.4 is 5.32 Å². The summed E-state index contributed by atoms with van der Waals surface area (Å²) in [4.78, 5) is 32.0. The largest absolute Gasteiger partial charge is 0.322 e. The van der Waals surface area contributed by atoms with Gasteiger partial charge in [0.05, 0.1) is 20.4 Å². The lowest BCUT2D eigenvalue weighted by Gasteiger charge is -2.06. The Kier molecular flexibility index (Phi) is 4.33. The maximum atomic E-state index is 12.0. The van der Waals surface area contributed by atoms with Crippen molar-refractivity contribution in [2.24, 2.45) is 0 Å². The molecule has 0 spiro atoms. The van der Waals surface area contributed by atoms with E-state index in [2.05, 4.69) is 5.32 Å². The lowest BCUT2D eigenvalue weighted by molar-refractivity contribution is -0.385. The first-order valence-electron chi connectivity index (χ1n) is 5.88. The Morgan fingerprint density at radius 2 is 1.50 bits per heavy atom. The van der Waals surface area contributed by atoms with Gasteiger partial charge in [0.25, 0.3) is 17.3 Å². The van der Waals surface area contributed by atoms with E-state index in [1.165, 1.54) is 30.3 Å². The third-order valence-corrected chi connectivity index (χ3v) is 3.06. The van der Waals surface area contributed by atoms with Gasteiger partial charge >= 0.3 is 0 Å². The number of halogens is 1. The van der Waals surface area contributed by atoms with Gasteiger partial charge < -0.3 is 5.32 Å². The number of nitro groups is 2. The second-order valence-electron chi connectivity index (χ2n) is 4.18. The highest BCUT2D eigenvalue weighted by Crippen LogP contribution is 2.24. The van der Waals surface area contributed by atoms with E-state index in [9.17, 15) is 25.0 Å². The van der Waals surface area contributed by atoms with E-state index in [1.54, 1.807) is 0 Å². The smallest absolute Gasteiger partial charge is 0.270 e. The number of non-ortho nitro benzene ring substituents is 2. The van der Waals surface area contributed by atoms with Crippen LogP contribution in [0, 0.1) is 20.2 Å². The number of nitro benzene ring substituents is 2. The van der Waals surface area contributed by atoms with Crippen LogP contribution in [0.3, 0.4) is 0 Å². The minimum absolute atomic E-state index is 0.0608. The van der Waals surface area contributed by atoms with Crippen molar-refractivity contribution in [1.82, 2.24) is 0 Å². The molecule has 0 saturated carbocycles. The highest BCUT2D eigenvalue weighted by Gasteiger charge is 2.15. The molecule has 9 heteroatoms. The fourth-order valence-corrected chi connectivity index (χ4v) is 1.93. The Balaban J connectivity index is 2.18. The Labute approximate surface area is 128 Å². The van der Waals surface area contributed by atoms with Crippen molar-refractivity contribution in [2.45, 2.75) is 0 Å². The molecule has 1 amide bonds. The highest BCUT2D eigenvalue weighted by atomic mass is 35.5. The van der Waals surface area contributed by atoms with Crippen molar-refractivity contribution < 1.29 is 14.6 Å². The maximum Gasteiger partial charge on any atom is 0.270 e. The summed E-state index contributed by atoms with van der Waals surface area (Å²) in [6.07, 6.45) is 0. The lowest BCUT2D eigenvalue weighted by Crippen LogP contribution is -2.12. The number of benzene rings is 2. The van der Waals surface area contributed by atoms with Crippen LogP contribution in [-0.4, -0.2) is 15.8 Å². The molecule has 0 aliphatic carbocycles. The number of nitrogens with one attached hydrogen (secondary N) is 1. The van der Waals surface area contributed by atoms with Crippen LogP contribution in [0.4, 0.5) is 17.1 Å². The Morgan fingerprint density at radius 1 is 0.955 bits per heavy atom. The average Bonchev–Trinajstić information content (AvgIpc) is 2.47. The monoisotopic (exact) mass is 321 g/mol. The van der Waals surface area contributed by atoms with Crippen molar-refractivity contribution >= 4 is 34.6 Å². The van der Waals surface area contributed by atoms with Gasteiger partial charge in [-0.3, -0.25) is 25.0 Å². The molecular formula is C13H8ClN3O5. The molecule has 0 fully saturated rings. The van der Waals surface area contributed by atoms with E-state index >= 15 is 0 Å². The fourth-order valence-electron chi connectivity index (χ4n) is 1.67. The average molecular weight is 322 g/mol. The minimum atomic E-state index is -0.621. The highest BCUT2D eigenvalue weighted by molar-refractivity contribution is 6.34. The first kappa shape index (κ1) is 15.4. The molecule has 112 valence electrons. The second-order valence-corrected chi connectivity index (χ2v) is 4.59. The molecule has 0 bridgehead atoms.